The number of rotatable bonds is 4. The van der Waals surface area contributed by atoms with Gasteiger partial charge in [0, 0.05) is 25.7 Å². The number of amides is 2. The van der Waals surface area contributed by atoms with Crippen molar-refractivity contribution in [2.75, 3.05) is 20.1 Å². The number of nitrogens with one attached hydrogen (secondary N) is 1. The van der Waals surface area contributed by atoms with Crippen LogP contribution in [-0.4, -0.2) is 36.9 Å². The highest BCUT2D eigenvalue weighted by Crippen LogP contribution is 2.27. The molecule has 0 bridgehead atoms. The molecule has 1 atom stereocenters. The summed E-state index contributed by atoms with van der Waals surface area (Å²) in [6, 6.07) is 7.04. The van der Waals surface area contributed by atoms with Crippen LogP contribution >= 0.6 is 0 Å². The summed E-state index contributed by atoms with van der Waals surface area (Å²) in [4.78, 5) is 25.2. The first-order valence-corrected chi connectivity index (χ1v) is 6.77. The number of benzene rings is 1. The molecule has 0 spiro atoms. The average molecular weight is 275 g/mol. The molecule has 1 aromatic rings. The highest BCUT2D eigenvalue weighted by Gasteiger charge is 2.38. The van der Waals surface area contributed by atoms with E-state index in [2.05, 4.69) is 5.32 Å². The Morgan fingerprint density at radius 3 is 2.50 bits per heavy atom. The monoisotopic (exact) mass is 275 g/mol. The third-order valence-electron chi connectivity index (χ3n) is 3.89. The maximum Gasteiger partial charge on any atom is 0.248 e. The van der Waals surface area contributed by atoms with Crippen molar-refractivity contribution in [1.82, 2.24) is 10.2 Å². The molecule has 1 aromatic carbocycles. The first kappa shape index (κ1) is 14.5. The van der Waals surface area contributed by atoms with Gasteiger partial charge in [0.1, 0.15) is 0 Å². The molecule has 3 N–H and O–H groups in total. The van der Waals surface area contributed by atoms with Crippen molar-refractivity contribution in [3.8, 4) is 0 Å². The van der Waals surface area contributed by atoms with E-state index in [0.717, 1.165) is 25.1 Å². The van der Waals surface area contributed by atoms with Gasteiger partial charge in [-0.2, -0.15) is 0 Å². The highest BCUT2D eigenvalue weighted by atomic mass is 16.2. The molecule has 5 nitrogen and oxygen atoms in total. The normalized spacial score (nSPS) is 21.7. The van der Waals surface area contributed by atoms with Crippen molar-refractivity contribution in [3.05, 3.63) is 35.4 Å². The quantitative estimate of drug-likeness (QED) is 0.851. The van der Waals surface area contributed by atoms with Crippen LogP contribution in [0.4, 0.5) is 0 Å². The summed E-state index contributed by atoms with van der Waals surface area (Å²) in [5.41, 5.74) is 6.37. The lowest BCUT2D eigenvalue weighted by atomic mass is 9.88. The molecule has 1 aliphatic heterocycles. The van der Waals surface area contributed by atoms with E-state index in [1.165, 1.54) is 0 Å². The van der Waals surface area contributed by atoms with E-state index in [-0.39, 0.29) is 11.3 Å². The van der Waals surface area contributed by atoms with E-state index in [4.69, 9.17) is 5.73 Å². The average Bonchev–Trinajstić information content (AvgIpc) is 2.86. The molecule has 0 aromatic heterocycles. The largest absolute Gasteiger partial charge is 0.366 e. The topological polar surface area (TPSA) is 75.4 Å². The van der Waals surface area contributed by atoms with E-state index in [9.17, 15) is 9.59 Å². The highest BCUT2D eigenvalue weighted by molar-refractivity contribution is 5.92. The second-order valence-corrected chi connectivity index (χ2v) is 5.71. The molecule has 0 aliphatic carbocycles. The van der Waals surface area contributed by atoms with Gasteiger partial charge in [0.25, 0.3) is 0 Å². The van der Waals surface area contributed by atoms with E-state index in [1.807, 2.05) is 26.1 Å². The molecule has 0 saturated carbocycles. The number of carbonyl (C=O) groups excluding carboxylic acids is 2. The Balaban J connectivity index is 2.02. The fraction of sp³-hybridized carbons (Fsp3) is 0.467. The second-order valence-electron chi connectivity index (χ2n) is 5.71. The summed E-state index contributed by atoms with van der Waals surface area (Å²) < 4.78 is 0. The zero-order valence-corrected chi connectivity index (χ0v) is 12.0. The number of hydrogen-bond donors (Lipinski definition) is 2. The molecule has 2 rings (SSSR count). The van der Waals surface area contributed by atoms with Crippen LogP contribution in [0.1, 0.15) is 29.3 Å². The smallest absolute Gasteiger partial charge is 0.248 e. The van der Waals surface area contributed by atoms with Crippen molar-refractivity contribution >= 4 is 11.8 Å². The molecule has 20 heavy (non-hydrogen) atoms. The molecule has 0 radical (unpaired) electrons. The Kier molecular flexibility index (Phi) is 4.09. The number of primary amides is 1. The predicted molar refractivity (Wildman–Crippen MR) is 77.0 cm³/mol. The summed E-state index contributed by atoms with van der Waals surface area (Å²) in [6.07, 6.45) is 0.872. The molecular weight excluding hydrogens is 254 g/mol. The van der Waals surface area contributed by atoms with Gasteiger partial charge < -0.3 is 16.0 Å². The van der Waals surface area contributed by atoms with Gasteiger partial charge in [0.2, 0.25) is 11.8 Å². The van der Waals surface area contributed by atoms with E-state index in [0.29, 0.717) is 12.1 Å². The lowest BCUT2D eigenvalue weighted by Crippen LogP contribution is -2.41. The van der Waals surface area contributed by atoms with Gasteiger partial charge in [-0.3, -0.25) is 9.59 Å². The molecule has 108 valence electrons. The summed E-state index contributed by atoms with van der Waals surface area (Å²) in [6.45, 7) is 4.16. The van der Waals surface area contributed by atoms with Crippen LogP contribution in [0.25, 0.3) is 0 Å². The van der Waals surface area contributed by atoms with Crippen LogP contribution in [0.3, 0.4) is 0 Å². The summed E-state index contributed by atoms with van der Waals surface area (Å²) in [7, 11) is 1.81. The van der Waals surface area contributed by atoms with Gasteiger partial charge in [0.15, 0.2) is 0 Å². The Hall–Kier alpha value is -1.88. The molecule has 1 aliphatic rings. The van der Waals surface area contributed by atoms with E-state index in [1.54, 1.807) is 17.0 Å². The Morgan fingerprint density at radius 1 is 1.35 bits per heavy atom. The lowest BCUT2D eigenvalue weighted by Gasteiger charge is -2.28. The maximum absolute atomic E-state index is 12.5. The third kappa shape index (κ3) is 2.99. The van der Waals surface area contributed by atoms with Crippen LogP contribution in [0.15, 0.2) is 24.3 Å². The van der Waals surface area contributed by atoms with Gasteiger partial charge in [-0.25, -0.2) is 0 Å². The van der Waals surface area contributed by atoms with Crippen LogP contribution in [-0.2, 0) is 11.3 Å². The minimum Gasteiger partial charge on any atom is -0.366 e. The first-order chi connectivity index (χ1) is 9.42. The predicted octanol–water partition coefficient (Wildman–Crippen LogP) is 0.744. The zero-order chi connectivity index (χ0) is 14.8. The van der Waals surface area contributed by atoms with Crippen LogP contribution in [0, 0.1) is 5.41 Å². The van der Waals surface area contributed by atoms with Gasteiger partial charge in [-0.1, -0.05) is 12.1 Å². The van der Waals surface area contributed by atoms with Crippen molar-refractivity contribution in [1.29, 1.82) is 0 Å². The minimum absolute atomic E-state index is 0.154. The fourth-order valence-corrected chi connectivity index (χ4v) is 2.58. The van der Waals surface area contributed by atoms with Crippen LogP contribution in [0.2, 0.25) is 0 Å². The Morgan fingerprint density at radius 2 is 2.00 bits per heavy atom. The van der Waals surface area contributed by atoms with Crippen molar-refractivity contribution < 1.29 is 9.59 Å². The maximum atomic E-state index is 12.5. The van der Waals surface area contributed by atoms with E-state index < -0.39 is 5.91 Å². The van der Waals surface area contributed by atoms with Gasteiger partial charge >= 0.3 is 0 Å². The third-order valence-corrected chi connectivity index (χ3v) is 3.89. The summed E-state index contributed by atoms with van der Waals surface area (Å²) in [5.74, 6) is -0.285. The molecule has 1 fully saturated rings. The van der Waals surface area contributed by atoms with Gasteiger partial charge in [-0.15, -0.1) is 0 Å². The molecule has 5 heteroatoms. The standard InChI is InChI=1S/C15H21N3O2/c1-15(7-8-17-10-15)14(20)18(2)9-11-3-5-12(6-4-11)13(16)19/h3-6,17H,7-10H2,1-2H3,(H2,16,19). The van der Waals surface area contributed by atoms with Gasteiger partial charge in [-0.05, 0) is 37.6 Å². The van der Waals surface area contributed by atoms with Crippen LogP contribution < -0.4 is 11.1 Å². The molecular formula is C15H21N3O2. The van der Waals surface area contributed by atoms with Crippen molar-refractivity contribution in [2.24, 2.45) is 11.1 Å². The Labute approximate surface area is 119 Å². The second kappa shape index (κ2) is 5.63. The van der Waals surface area contributed by atoms with Crippen molar-refractivity contribution in [3.63, 3.8) is 0 Å². The number of nitrogens with zero attached hydrogens (tertiary/aromatic N) is 1. The summed E-state index contributed by atoms with van der Waals surface area (Å²) >= 11 is 0. The zero-order valence-electron chi connectivity index (χ0n) is 12.0. The summed E-state index contributed by atoms with van der Waals surface area (Å²) in [5, 5.41) is 3.23. The molecule has 2 amide bonds. The fourth-order valence-electron chi connectivity index (χ4n) is 2.58. The number of nitrogens with two attached hydrogens (primary N) is 1. The molecule has 1 heterocycles. The van der Waals surface area contributed by atoms with Crippen molar-refractivity contribution in [2.45, 2.75) is 19.9 Å². The minimum atomic E-state index is -0.439. The number of carbonyl (C=O) groups is 2. The lowest BCUT2D eigenvalue weighted by molar-refractivity contribution is -0.139. The SMILES string of the molecule is CN(Cc1ccc(C(N)=O)cc1)C(=O)C1(C)CCNC1. The molecule has 1 unspecified atom stereocenters. The number of hydrogen-bond acceptors (Lipinski definition) is 3. The van der Waals surface area contributed by atoms with Gasteiger partial charge in [0.05, 0.1) is 5.41 Å². The van der Waals surface area contributed by atoms with Crippen LogP contribution in [0.5, 0.6) is 0 Å². The Bertz CT molecular complexity index is 504. The molecule has 1 saturated heterocycles. The first-order valence-electron chi connectivity index (χ1n) is 6.77. The van der Waals surface area contributed by atoms with E-state index >= 15 is 0 Å².